The van der Waals surface area contributed by atoms with Crippen molar-refractivity contribution in [2.75, 3.05) is 10.6 Å². The molecule has 17 heavy (non-hydrogen) atoms. The van der Waals surface area contributed by atoms with Gasteiger partial charge in [0.1, 0.15) is 24.3 Å². The summed E-state index contributed by atoms with van der Waals surface area (Å²) in [4.78, 5) is 15.9. The molecule has 0 saturated heterocycles. The standard InChI is InChI=1S/C12H11N3O2/c16-12-9(4-8-2-1-3-13-5-8)14-10-6-17-7-11(10)15-12/h1-3,5-7,9,14H,4H2,(H,15,16). The van der Waals surface area contributed by atoms with Crippen LogP contribution in [0.1, 0.15) is 5.56 Å². The molecule has 5 heteroatoms. The second kappa shape index (κ2) is 3.93. The Bertz CT molecular complexity index is 536. The lowest BCUT2D eigenvalue weighted by Crippen LogP contribution is -2.39. The van der Waals surface area contributed by atoms with Crippen LogP contribution < -0.4 is 10.6 Å². The largest absolute Gasteiger partial charge is 0.468 e. The molecule has 0 radical (unpaired) electrons. The smallest absolute Gasteiger partial charge is 0.247 e. The first-order valence-electron chi connectivity index (χ1n) is 5.35. The van der Waals surface area contributed by atoms with Gasteiger partial charge in [-0.3, -0.25) is 9.78 Å². The predicted octanol–water partition coefficient (Wildman–Crippen LogP) is 1.65. The fraction of sp³-hybridized carbons (Fsp3) is 0.167. The van der Waals surface area contributed by atoms with Crippen LogP contribution in [0.15, 0.2) is 41.5 Å². The average molecular weight is 229 g/mol. The fourth-order valence-corrected chi connectivity index (χ4v) is 1.88. The number of nitrogens with one attached hydrogen (secondary N) is 2. The summed E-state index contributed by atoms with van der Waals surface area (Å²) in [6.07, 6.45) is 7.18. The summed E-state index contributed by atoms with van der Waals surface area (Å²) in [5.41, 5.74) is 2.53. The molecule has 0 spiro atoms. The number of carbonyl (C=O) groups is 1. The highest BCUT2D eigenvalue weighted by Crippen LogP contribution is 2.28. The van der Waals surface area contributed by atoms with Crippen LogP contribution in [-0.4, -0.2) is 16.9 Å². The topological polar surface area (TPSA) is 67.2 Å². The number of carbonyl (C=O) groups excluding carboxylic acids is 1. The van der Waals surface area contributed by atoms with Crippen molar-refractivity contribution in [1.29, 1.82) is 0 Å². The third-order valence-corrected chi connectivity index (χ3v) is 2.73. The van der Waals surface area contributed by atoms with Crippen molar-refractivity contribution in [2.45, 2.75) is 12.5 Å². The molecule has 0 aliphatic carbocycles. The van der Waals surface area contributed by atoms with E-state index in [2.05, 4.69) is 15.6 Å². The minimum atomic E-state index is -0.288. The summed E-state index contributed by atoms with van der Waals surface area (Å²) in [5, 5.41) is 5.94. The van der Waals surface area contributed by atoms with Gasteiger partial charge < -0.3 is 15.1 Å². The number of anilines is 2. The summed E-state index contributed by atoms with van der Waals surface area (Å²) in [6, 6.07) is 3.52. The second-order valence-electron chi connectivity index (χ2n) is 3.95. The Morgan fingerprint density at radius 3 is 3.06 bits per heavy atom. The number of rotatable bonds is 2. The number of hydrogen-bond donors (Lipinski definition) is 2. The lowest BCUT2D eigenvalue weighted by molar-refractivity contribution is -0.117. The summed E-state index contributed by atoms with van der Waals surface area (Å²) in [7, 11) is 0. The number of hydrogen-bond acceptors (Lipinski definition) is 4. The van der Waals surface area contributed by atoms with E-state index in [0.29, 0.717) is 12.1 Å². The van der Waals surface area contributed by atoms with Crippen molar-refractivity contribution in [3.8, 4) is 0 Å². The lowest BCUT2D eigenvalue weighted by Gasteiger charge is -2.23. The van der Waals surface area contributed by atoms with Gasteiger partial charge in [-0.05, 0) is 11.6 Å². The number of aromatic nitrogens is 1. The fourth-order valence-electron chi connectivity index (χ4n) is 1.88. The van der Waals surface area contributed by atoms with Crippen molar-refractivity contribution in [3.05, 3.63) is 42.6 Å². The van der Waals surface area contributed by atoms with Crippen LogP contribution in [0.3, 0.4) is 0 Å². The zero-order valence-corrected chi connectivity index (χ0v) is 9.01. The van der Waals surface area contributed by atoms with Gasteiger partial charge in [0.25, 0.3) is 0 Å². The normalized spacial score (nSPS) is 18.1. The van der Waals surface area contributed by atoms with Gasteiger partial charge in [0.05, 0.1) is 5.69 Å². The molecule has 1 aliphatic heterocycles. The molecule has 1 atom stereocenters. The number of nitrogens with zero attached hydrogens (tertiary/aromatic N) is 1. The Morgan fingerprint density at radius 1 is 1.35 bits per heavy atom. The van der Waals surface area contributed by atoms with E-state index in [-0.39, 0.29) is 11.9 Å². The molecule has 86 valence electrons. The van der Waals surface area contributed by atoms with Crippen molar-refractivity contribution >= 4 is 17.3 Å². The van der Waals surface area contributed by atoms with Crippen molar-refractivity contribution < 1.29 is 9.21 Å². The number of amides is 1. The third-order valence-electron chi connectivity index (χ3n) is 2.73. The van der Waals surface area contributed by atoms with Gasteiger partial charge in [-0.1, -0.05) is 6.07 Å². The molecule has 3 rings (SSSR count). The monoisotopic (exact) mass is 229 g/mol. The van der Waals surface area contributed by atoms with Gasteiger partial charge in [0, 0.05) is 18.8 Å². The highest BCUT2D eigenvalue weighted by Gasteiger charge is 2.26. The van der Waals surface area contributed by atoms with E-state index in [9.17, 15) is 4.79 Å². The van der Waals surface area contributed by atoms with E-state index in [1.165, 1.54) is 6.26 Å². The van der Waals surface area contributed by atoms with E-state index in [0.717, 1.165) is 11.3 Å². The predicted molar refractivity (Wildman–Crippen MR) is 62.7 cm³/mol. The third kappa shape index (κ3) is 1.87. The van der Waals surface area contributed by atoms with E-state index < -0.39 is 0 Å². The molecule has 1 unspecified atom stereocenters. The van der Waals surface area contributed by atoms with Crippen LogP contribution in [0.2, 0.25) is 0 Å². The summed E-state index contributed by atoms with van der Waals surface area (Å²) in [6.45, 7) is 0. The van der Waals surface area contributed by atoms with E-state index in [1.54, 1.807) is 18.7 Å². The number of pyridine rings is 1. The minimum absolute atomic E-state index is 0.0530. The first kappa shape index (κ1) is 9.89. The van der Waals surface area contributed by atoms with Gasteiger partial charge in [0.2, 0.25) is 5.91 Å². The summed E-state index contributed by atoms with van der Waals surface area (Å²) in [5.74, 6) is -0.0530. The van der Waals surface area contributed by atoms with Crippen molar-refractivity contribution in [3.63, 3.8) is 0 Å². The second-order valence-corrected chi connectivity index (χ2v) is 3.95. The molecular formula is C12H11N3O2. The molecule has 3 heterocycles. The summed E-state index contributed by atoms with van der Waals surface area (Å²) < 4.78 is 5.02. The molecule has 2 aromatic heterocycles. The lowest BCUT2D eigenvalue weighted by atomic mass is 10.1. The molecule has 0 fully saturated rings. The Kier molecular flexibility index (Phi) is 2.29. The van der Waals surface area contributed by atoms with Gasteiger partial charge >= 0.3 is 0 Å². The Balaban J connectivity index is 1.79. The van der Waals surface area contributed by atoms with E-state index in [4.69, 9.17) is 4.42 Å². The highest BCUT2D eigenvalue weighted by molar-refractivity contribution is 6.02. The Labute approximate surface area is 97.9 Å². The number of fused-ring (bicyclic) bond motifs is 1. The van der Waals surface area contributed by atoms with Gasteiger partial charge in [-0.15, -0.1) is 0 Å². The maximum atomic E-state index is 11.8. The first-order valence-corrected chi connectivity index (χ1v) is 5.35. The van der Waals surface area contributed by atoms with E-state index in [1.807, 2.05) is 12.1 Å². The number of furan rings is 1. The highest BCUT2D eigenvalue weighted by atomic mass is 16.3. The molecule has 0 bridgehead atoms. The average Bonchev–Trinajstić information content (AvgIpc) is 2.78. The SMILES string of the molecule is O=C1Nc2cocc2NC1Cc1cccnc1. The maximum Gasteiger partial charge on any atom is 0.247 e. The van der Waals surface area contributed by atoms with Gasteiger partial charge in [-0.2, -0.15) is 0 Å². The van der Waals surface area contributed by atoms with Crippen LogP contribution in [0.4, 0.5) is 11.4 Å². The molecule has 2 aromatic rings. The zero-order valence-electron chi connectivity index (χ0n) is 9.01. The van der Waals surface area contributed by atoms with Crippen LogP contribution >= 0.6 is 0 Å². The van der Waals surface area contributed by atoms with Gasteiger partial charge in [-0.25, -0.2) is 0 Å². The zero-order chi connectivity index (χ0) is 11.7. The molecule has 0 saturated carbocycles. The quantitative estimate of drug-likeness (QED) is 0.821. The van der Waals surface area contributed by atoms with Crippen LogP contribution in [-0.2, 0) is 11.2 Å². The molecule has 2 N–H and O–H groups in total. The van der Waals surface area contributed by atoms with Gasteiger partial charge in [0.15, 0.2) is 0 Å². The van der Waals surface area contributed by atoms with E-state index >= 15 is 0 Å². The summed E-state index contributed by atoms with van der Waals surface area (Å²) >= 11 is 0. The molecule has 0 aromatic carbocycles. The molecule has 1 amide bonds. The van der Waals surface area contributed by atoms with Crippen molar-refractivity contribution in [1.82, 2.24) is 4.98 Å². The molecular weight excluding hydrogens is 218 g/mol. The van der Waals surface area contributed by atoms with Crippen molar-refractivity contribution in [2.24, 2.45) is 0 Å². The Morgan fingerprint density at radius 2 is 2.24 bits per heavy atom. The first-order chi connectivity index (χ1) is 8.33. The van der Waals surface area contributed by atoms with Crippen LogP contribution in [0.5, 0.6) is 0 Å². The van der Waals surface area contributed by atoms with Crippen LogP contribution in [0.25, 0.3) is 0 Å². The minimum Gasteiger partial charge on any atom is -0.468 e. The molecule has 5 nitrogen and oxygen atoms in total. The Hall–Kier alpha value is -2.30. The molecule has 1 aliphatic rings. The maximum absolute atomic E-state index is 11.8. The van der Waals surface area contributed by atoms with Crippen LogP contribution in [0, 0.1) is 0 Å².